The lowest BCUT2D eigenvalue weighted by Gasteiger charge is -2.11. The molecule has 110 valence electrons. The van der Waals surface area contributed by atoms with E-state index in [-0.39, 0.29) is 17.0 Å². The quantitative estimate of drug-likeness (QED) is 0.473. The van der Waals surface area contributed by atoms with Crippen LogP contribution in [0.1, 0.15) is 11.1 Å². The summed E-state index contributed by atoms with van der Waals surface area (Å²) in [5.41, 5.74) is -0.830. The topological polar surface area (TPSA) is 20.3 Å². The summed E-state index contributed by atoms with van der Waals surface area (Å²) < 4.78 is 39.1. The van der Waals surface area contributed by atoms with Gasteiger partial charge in [0.2, 0.25) is 0 Å². The second-order valence-electron chi connectivity index (χ2n) is 4.17. The van der Waals surface area contributed by atoms with Crippen LogP contribution in [0.3, 0.4) is 0 Å². The largest absolute Gasteiger partial charge is 0.416 e. The molecule has 1 amide bonds. The third-order valence-electron chi connectivity index (χ3n) is 2.74. The van der Waals surface area contributed by atoms with Crippen molar-refractivity contribution in [1.29, 1.82) is 0 Å². The number of carbonyl (C=O) groups is 1. The first-order valence-corrected chi connectivity index (χ1v) is 7.09. The Morgan fingerprint density at radius 1 is 1.33 bits per heavy atom. The minimum Gasteiger partial charge on any atom is -0.289 e. The number of benzene rings is 1. The molecule has 7 heteroatoms. The van der Waals surface area contributed by atoms with Crippen molar-refractivity contribution in [2.24, 2.45) is 0 Å². The standard InChI is InChI=1S/C14H10F3NOS2/c1-2-7-18-12(19)11(21-13(18)20)8-9-5-3-4-6-10(9)14(15,16)17/h2-6,8H,1,7H2/b11-8-. The molecule has 2 nitrogen and oxygen atoms in total. The second-order valence-corrected chi connectivity index (χ2v) is 5.84. The van der Waals surface area contributed by atoms with Gasteiger partial charge in [-0.15, -0.1) is 6.58 Å². The smallest absolute Gasteiger partial charge is 0.289 e. The Bertz CT molecular complexity index is 637. The summed E-state index contributed by atoms with van der Waals surface area (Å²) in [4.78, 5) is 13.6. The summed E-state index contributed by atoms with van der Waals surface area (Å²) in [6.07, 6.45) is -1.73. The molecule has 0 aliphatic carbocycles. The van der Waals surface area contributed by atoms with Gasteiger partial charge in [-0.2, -0.15) is 13.2 Å². The van der Waals surface area contributed by atoms with Crippen LogP contribution < -0.4 is 0 Å². The van der Waals surface area contributed by atoms with Crippen LogP contribution in [0.5, 0.6) is 0 Å². The maximum absolute atomic E-state index is 12.9. The van der Waals surface area contributed by atoms with E-state index in [1.807, 2.05) is 0 Å². The molecule has 0 spiro atoms. The first-order chi connectivity index (χ1) is 9.84. The van der Waals surface area contributed by atoms with Crippen LogP contribution in [0.2, 0.25) is 0 Å². The first kappa shape index (κ1) is 15.8. The molecule has 0 N–H and O–H groups in total. The molecule has 0 unspecified atom stereocenters. The Morgan fingerprint density at radius 3 is 2.62 bits per heavy atom. The minimum absolute atomic E-state index is 0.0518. The van der Waals surface area contributed by atoms with E-state index < -0.39 is 17.6 Å². The van der Waals surface area contributed by atoms with Gasteiger partial charge in [-0.1, -0.05) is 48.3 Å². The molecule has 21 heavy (non-hydrogen) atoms. The predicted molar refractivity (Wildman–Crippen MR) is 81.5 cm³/mol. The molecule has 0 saturated carbocycles. The van der Waals surface area contributed by atoms with E-state index in [2.05, 4.69) is 6.58 Å². The van der Waals surface area contributed by atoms with Crippen LogP contribution in [0, 0.1) is 0 Å². The van der Waals surface area contributed by atoms with E-state index in [9.17, 15) is 18.0 Å². The summed E-state index contributed by atoms with van der Waals surface area (Å²) in [6.45, 7) is 3.76. The molecule has 1 aliphatic rings. The number of rotatable bonds is 3. The van der Waals surface area contributed by atoms with E-state index in [1.54, 1.807) is 0 Å². The number of hydrogen-bond donors (Lipinski definition) is 0. The van der Waals surface area contributed by atoms with Gasteiger partial charge >= 0.3 is 6.18 Å². The number of hydrogen-bond acceptors (Lipinski definition) is 3. The van der Waals surface area contributed by atoms with Crippen molar-refractivity contribution in [3.63, 3.8) is 0 Å². The van der Waals surface area contributed by atoms with Crippen molar-refractivity contribution in [3.05, 3.63) is 53.0 Å². The van der Waals surface area contributed by atoms with Crippen molar-refractivity contribution in [3.8, 4) is 0 Å². The molecule has 1 heterocycles. The number of halogens is 3. The summed E-state index contributed by atoms with van der Waals surface area (Å²) in [5, 5.41) is 0. The van der Waals surface area contributed by atoms with Crippen molar-refractivity contribution < 1.29 is 18.0 Å². The van der Waals surface area contributed by atoms with Crippen molar-refractivity contribution in [1.82, 2.24) is 4.90 Å². The number of thioether (sulfide) groups is 1. The third kappa shape index (κ3) is 3.36. The maximum atomic E-state index is 12.9. The molecular formula is C14H10F3NOS2. The fourth-order valence-corrected chi connectivity index (χ4v) is 3.07. The summed E-state index contributed by atoms with van der Waals surface area (Å²) >= 11 is 6.03. The highest BCUT2D eigenvalue weighted by atomic mass is 32.2. The van der Waals surface area contributed by atoms with Crippen molar-refractivity contribution in [2.45, 2.75) is 6.18 Å². The van der Waals surface area contributed by atoms with E-state index in [0.29, 0.717) is 4.32 Å². The van der Waals surface area contributed by atoms with Crippen LogP contribution in [0.25, 0.3) is 6.08 Å². The van der Waals surface area contributed by atoms with Gasteiger partial charge in [0, 0.05) is 6.54 Å². The highest BCUT2D eigenvalue weighted by Gasteiger charge is 2.35. The lowest BCUT2D eigenvalue weighted by atomic mass is 10.1. The number of amides is 1. The Morgan fingerprint density at radius 2 is 2.00 bits per heavy atom. The van der Waals surface area contributed by atoms with E-state index in [4.69, 9.17) is 12.2 Å². The van der Waals surface area contributed by atoms with Gasteiger partial charge in [0.05, 0.1) is 10.5 Å². The van der Waals surface area contributed by atoms with E-state index >= 15 is 0 Å². The number of nitrogens with zero attached hydrogens (tertiary/aromatic N) is 1. The molecule has 0 radical (unpaired) electrons. The van der Waals surface area contributed by atoms with Gasteiger partial charge < -0.3 is 0 Å². The normalized spacial score (nSPS) is 17.7. The molecule has 1 aromatic carbocycles. The van der Waals surface area contributed by atoms with Crippen LogP contribution in [-0.2, 0) is 11.0 Å². The highest BCUT2D eigenvalue weighted by Crippen LogP contribution is 2.36. The van der Waals surface area contributed by atoms with Gasteiger partial charge in [0.25, 0.3) is 5.91 Å². The van der Waals surface area contributed by atoms with Gasteiger partial charge in [-0.3, -0.25) is 9.69 Å². The lowest BCUT2D eigenvalue weighted by Crippen LogP contribution is -2.27. The molecule has 1 saturated heterocycles. The van der Waals surface area contributed by atoms with Crippen LogP contribution >= 0.6 is 24.0 Å². The molecule has 1 aromatic rings. The summed E-state index contributed by atoms with van der Waals surface area (Å²) in [5.74, 6) is -0.401. The zero-order valence-corrected chi connectivity index (χ0v) is 12.3. The number of alkyl halides is 3. The van der Waals surface area contributed by atoms with Crippen LogP contribution in [-0.4, -0.2) is 21.7 Å². The second kappa shape index (κ2) is 6.03. The summed E-state index contributed by atoms with van der Waals surface area (Å²) in [6, 6.07) is 5.11. The number of carbonyl (C=O) groups excluding carboxylic acids is 1. The zero-order valence-electron chi connectivity index (χ0n) is 10.7. The van der Waals surface area contributed by atoms with E-state index in [0.717, 1.165) is 17.8 Å². The average molecular weight is 329 g/mol. The first-order valence-electron chi connectivity index (χ1n) is 5.87. The fourth-order valence-electron chi connectivity index (χ4n) is 1.81. The molecule has 2 rings (SSSR count). The van der Waals surface area contributed by atoms with Gasteiger partial charge in [-0.05, 0) is 17.7 Å². The minimum atomic E-state index is -4.47. The maximum Gasteiger partial charge on any atom is 0.416 e. The molecule has 0 aromatic heterocycles. The molecule has 1 fully saturated rings. The summed E-state index contributed by atoms with van der Waals surface area (Å²) in [7, 11) is 0. The Kier molecular flexibility index (Phi) is 4.53. The predicted octanol–water partition coefficient (Wildman–Crippen LogP) is 4.09. The van der Waals surface area contributed by atoms with Gasteiger partial charge in [0.1, 0.15) is 4.32 Å². The molecule has 0 bridgehead atoms. The Balaban J connectivity index is 2.40. The van der Waals surface area contributed by atoms with Gasteiger partial charge in [0.15, 0.2) is 0 Å². The van der Waals surface area contributed by atoms with E-state index in [1.165, 1.54) is 35.3 Å². The SMILES string of the molecule is C=CCN1C(=O)/C(=C/c2ccccc2C(F)(F)F)SC1=S. The number of thiocarbonyl (C=S) groups is 1. The van der Waals surface area contributed by atoms with Crippen LogP contribution in [0.15, 0.2) is 41.8 Å². The molecular weight excluding hydrogens is 319 g/mol. The Labute approximate surface area is 129 Å². The van der Waals surface area contributed by atoms with Crippen LogP contribution in [0.4, 0.5) is 13.2 Å². The van der Waals surface area contributed by atoms with Gasteiger partial charge in [-0.25, -0.2) is 0 Å². The monoisotopic (exact) mass is 329 g/mol. The average Bonchev–Trinajstić information content (AvgIpc) is 2.66. The molecule has 0 atom stereocenters. The highest BCUT2D eigenvalue weighted by molar-refractivity contribution is 8.26. The van der Waals surface area contributed by atoms with Crippen molar-refractivity contribution in [2.75, 3.05) is 6.54 Å². The Hall–Kier alpha value is -1.60. The fraction of sp³-hybridized carbons (Fsp3) is 0.143. The lowest BCUT2D eigenvalue weighted by molar-refractivity contribution is -0.137. The van der Waals surface area contributed by atoms with Crippen molar-refractivity contribution >= 4 is 40.3 Å². The molecule has 1 aliphatic heterocycles. The zero-order chi connectivity index (χ0) is 15.6. The third-order valence-corrected chi connectivity index (χ3v) is 4.12.